The summed E-state index contributed by atoms with van der Waals surface area (Å²) in [4.78, 5) is 37.0. The van der Waals surface area contributed by atoms with E-state index in [0.717, 1.165) is 6.42 Å². The van der Waals surface area contributed by atoms with Gasteiger partial charge in [-0.25, -0.2) is 9.59 Å². The molecule has 0 saturated carbocycles. The van der Waals surface area contributed by atoms with Gasteiger partial charge in [-0.1, -0.05) is 19.1 Å². The smallest absolute Gasteiger partial charge is 0.342 e. The van der Waals surface area contributed by atoms with Gasteiger partial charge in [-0.3, -0.25) is 4.79 Å². The molecule has 0 aliphatic rings. The molecule has 0 amide bonds. The van der Waals surface area contributed by atoms with Crippen molar-refractivity contribution in [1.29, 1.82) is 0 Å². The molecule has 0 aliphatic heterocycles. The molecular weight excluding hydrogens is 328 g/mol. The van der Waals surface area contributed by atoms with E-state index in [1.807, 2.05) is 13.8 Å². The molecule has 5 N–H and O–H groups in total. The number of benzene rings is 1. The second-order valence-corrected chi connectivity index (χ2v) is 5.46. The number of pyridine rings is 1. The minimum absolute atomic E-state index is 0.00905. The number of nitrogen functional groups attached to an aromatic ring is 1. The molecule has 1 aromatic heterocycles. The molecule has 2 rings (SSSR count). The fourth-order valence-corrected chi connectivity index (χ4v) is 2.35. The Morgan fingerprint density at radius 2 is 1.72 bits per heavy atom. The quantitative estimate of drug-likeness (QED) is 0.628. The van der Waals surface area contributed by atoms with Gasteiger partial charge in [0.15, 0.2) is 0 Å². The number of hydrogen-bond donors (Lipinski definition) is 4. The van der Waals surface area contributed by atoms with Crippen molar-refractivity contribution in [2.24, 2.45) is 0 Å². The number of nitrogens with two attached hydrogens (primary N) is 1. The van der Waals surface area contributed by atoms with Crippen LogP contribution in [-0.4, -0.2) is 33.2 Å². The molecule has 0 aliphatic carbocycles. The van der Waals surface area contributed by atoms with E-state index >= 15 is 0 Å². The molecule has 1 unspecified atom stereocenters. The number of rotatable bonds is 6. The number of carboxylic acid groups (broad SMARTS) is 2. The predicted octanol–water partition coefficient (Wildman–Crippen LogP) is 2.20. The number of aromatic amines is 1. The molecule has 1 heterocycles. The molecule has 0 spiro atoms. The van der Waals surface area contributed by atoms with E-state index in [1.165, 1.54) is 12.1 Å². The lowest BCUT2D eigenvalue weighted by atomic mass is 9.95. The van der Waals surface area contributed by atoms with Crippen LogP contribution in [0.2, 0.25) is 0 Å². The highest BCUT2D eigenvalue weighted by Crippen LogP contribution is 2.30. The molecule has 8 nitrogen and oxygen atoms in total. The van der Waals surface area contributed by atoms with Gasteiger partial charge >= 0.3 is 11.9 Å². The number of carboxylic acids is 2. The highest BCUT2D eigenvalue weighted by molar-refractivity contribution is 6.07. The maximum Gasteiger partial charge on any atom is 0.342 e. The molecule has 132 valence electrons. The summed E-state index contributed by atoms with van der Waals surface area (Å²) >= 11 is 0. The summed E-state index contributed by atoms with van der Waals surface area (Å²) in [5, 5.41) is 18.7. The Bertz CT molecular complexity index is 870. The van der Waals surface area contributed by atoms with E-state index in [1.54, 1.807) is 12.1 Å². The number of ether oxygens (including phenoxy) is 1. The number of aromatic carboxylic acids is 2. The number of anilines is 1. The number of carbonyl (C=O) groups is 2. The first-order valence-electron chi connectivity index (χ1n) is 7.55. The van der Waals surface area contributed by atoms with Crippen molar-refractivity contribution in [2.75, 3.05) is 5.73 Å². The Morgan fingerprint density at radius 1 is 1.16 bits per heavy atom. The van der Waals surface area contributed by atoms with E-state index in [2.05, 4.69) is 4.98 Å². The minimum atomic E-state index is -1.54. The molecule has 0 bridgehead atoms. The third-order valence-corrected chi connectivity index (χ3v) is 3.73. The van der Waals surface area contributed by atoms with Crippen LogP contribution < -0.4 is 16.0 Å². The van der Waals surface area contributed by atoms with Crippen LogP contribution in [0.3, 0.4) is 0 Å². The molecule has 0 saturated heterocycles. The van der Waals surface area contributed by atoms with Gasteiger partial charge in [-0.05, 0) is 31.0 Å². The lowest BCUT2D eigenvalue weighted by Crippen LogP contribution is -2.24. The summed E-state index contributed by atoms with van der Waals surface area (Å²) in [6.45, 7) is 3.87. The lowest BCUT2D eigenvalue weighted by Gasteiger charge is -2.14. The van der Waals surface area contributed by atoms with Gasteiger partial charge in [-0.2, -0.15) is 0 Å². The zero-order valence-corrected chi connectivity index (χ0v) is 13.7. The van der Waals surface area contributed by atoms with E-state index in [9.17, 15) is 24.6 Å². The van der Waals surface area contributed by atoms with Crippen molar-refractivity contribution in [3.63, 3.8) is 0 Å². The van der Waals surface area contributed by atoms with Crippen LogP contribution in [0.4, 0.5) is 5.82 Å². The molecule has 8 heteroatoms. The number of nitrogens with one attached hydrogen (secondary N) is 1. The van der Waals surface area contributed by atoms with E-state index in [-0.39, 0.29) is 17.2 Å². The summed E-state index contributed by atoms with van der Waals surface area (Å²) in [5.41, 5.74) is 3.48. The molecular formula is C17H18N2O6. The minimum Gasteiger partial charge on any atom is -0.491 e. The number of H-pyrrole nitrogens is 1. The second kappa shape index (κ2) is 7.08. The van der Waals surface area contributed by atoms with E-state index in [0.29, 0.717) is 5.75 Å². The first-order valence-corrected chi connectivity index (χ1v) is 7.55. The first-order chi connectivity index (χ1) is 11.8. The number of aromatic nitrogens is 1. The summed E-state index contributed by atoms with van der Waals surface area (Å²) < 4.78 is 5.63. The molecule has 0 fully saturated rings. The Balaban J connectivity index is 2.67. The molecule has 1 atom stereocenters. The van der Waals surface area contributed by atoms with E-state index < -0.39 is 34.4 Å². The first kappa shape index (κ1) is 18.1. The average Bonchev–Trinajstić information content (AvgIpc) is 2.53. The van der Waals surface area contributed by atoms with Crippen LogP contribution in [0.25, 0.3) is 11.1 Å². The normalized spacial score (nSPS) is 11.8. The van der Waals surface area contributed by atoms with Crippen molar-refractivity contribution < 1.29 is 24.5 Å². The third kappa shape index (κ3) is 3.63. The highest BCUT2D eigenvalue weighted by Gasteiger charge is 2.26. The second-order valence-electron chi connectivity index (χ2n) is 5.46. The van der Waals surface area contributed by atoms with Gasteiger partial charge in [0.1, 0.15) is 22.7 Å². The Labute approximate surface area is 142 Å². The van der Waals surface area contributed by atoms with Crippen LogP contribution in [0, 0.1) is 0 Å². The Hall–Kier alpha value is -3.29. The largest absolute Gasteiger partial charge is 0.491 e. The molecule has 25 heavy (non-hydrogen) atoms. The van der Waals surface area contributed by atoms with Crippen LogP contribution in [0.1, 0.15) is 41.0 Å². The standard InChI is InChI=1S/C17H18N2O6/c1-3-8(2)25-10-6-4-9(5-7-10)11-12(16(21)22)14(18)19-15(20)13(11)17(23)24/h4-8H,3H2,1-2H3,(H,21,22)(H,23,24)(H3,18,19,20). The summed E-state index contributed by atoms with van der Waals surface area (Å²) in [5.74, 6) is -2.84. The zero-order valence-electron chi connectivity index (χ0n) is 13.7. The van der Waals surface area contributed by atoms with Crippen molar-refractivity contribution in [1.82, 2.24) is 4.98 Å². The fraction of sp³-hybridized carbons (Fsp3) is 0.235. The van der Waals surface area contributed by atoms with Crippen LogP contribution in [0.15, 0.2) is 29.1 Å². The molecule has 1 aromatic carbocycles. The monoisotopic (exact) mass is 346 g/mol. The fourth-order valence-electron chi connectivity index (χ4n) is 2.35. The SMILES string of the molecule is CCC(C)Oc1ccc(-c2c(C(=O)O)c(N)[nH]c(=O)c2C(=O)O)cc1. The average molecular weight is 346 g/mol. The molecule has 2 aromatic rings. The van der Waals surface area contributed by atoms with E-state index in [4.69, 9.17) is 10.5 Å². The van der Waals surface area contributed by atoms with Gasteiger partial charge in [0, 0.05) is 5.56 Å². The summed E-state index contributed by atoms with van der Waals surface area (Å²) in [7, 11) is 0. The van der Waals surface area contributed by atoms with Crippen LogP contribution >= 0.6 is 0 Å². The topological polar surface area (TPSA) is 143 Å². The van der Waals surface area contributed by atoms with Gasteiger partial charge < -0.3 is 25.7 Å². The summed E-state index contributed by atoms with van der Waals surface area (Å²) in [6, 6.07) is 6.14. The lowest BCUT2D eigenvalue weighted by molar-refractivity contribution is 0.0695. The zero-order chi connectivity index (χ0) is 18.7. The van der Waals surface area contributed by atoms with Crippen LogP contribution in [-0.2, 0) is 0 Å². The highest BCUT2D eigenvalue weighted by atomic mass is 16.5. The number of hydrogen-bond acceptors (Lipinski definition) is 5. The Morgan fingerprint density at radius 3 is 2.20 bits per heavy atom. The molecule has 0 radical (unpaired) electrons. The van der Waals surface area contributed by atoms with Crippen molar-refractivity contribution in [3.8, 4) is 16.9 Å². The van der Waals surface area contributed by atoms with Gasteiger partial charge in [-0.15, -0.1) is 0 Å². The third-order valence-electron chi connectivity index (χ3n) is 3.73. The van der Waals surface area contributed by atoms with Crippen LogP contribution in [0.5, 0.6) is 5.75 Å². The van der Waals surface area contributed by atoms with Gasteiger partial charge in [0.25, 0.3) is 5.56 Å². The van der Waals surface area contributed by atoms with Gasteiger partial charge in [0.05, 0.1) is 6.10 Å². The van der Waals surface area contributed by atoms with Crippen molar-refractivity contribution in [3.05, 3.63) is 45.7 Å². The maximum atomic E-state index is 12.0. The van der Waals surface area contributed by atoms with Crippen molar-refractivity contribution >= 4 is 17.8 Å². The summed E-state index contributed by atoms with van der Waals surface area (Å²) in [6.07, 6.45) is 0.795. The van der Waals surface area contributed by atoms with Crippen molar-refractivity contribution in [2.45, 2.75) is 26.4 Å². The predicted molar refractivity (Wildman–Crippen MR) is 91.2 cm³/mol. The maximum absolute atomic E-state index is 12.0. The Kier molecular flexibility index (Phi) is 5.11. The van der Waals surface area contributed by atoms with Gasteiger partial charge in [0.2, 0.25) is 0 Å².